The third-order valence-electron chi connectivity index (χ3n) is 5.57. The van der Waals surface area contributed by atoms with Crippen molar-refractivity contribution in [3.63, 3.8) is 0 Å². The molecule has 1 atom stereocenters. The summed E-state index contributed by atoms with van der Waals surface area (Å²) in [6, 6.07) is 2.01. The molecule has 1 N–H and O–H groups in total. The second-order valence-corrected chi connectivity index (χ2v) is 7.27. The monoisotopic (exact) mass is 346 g/mol. The van der Waals surface area contributed by atoms with E-state index in [2.05, 4.69) is 10.4 Å². The molecule has 0 spiro atoms. The summed E-state index contributed by atoms with van der Waals surface area (Å²) in [6.07, 6.45) is 10.3. The molecule has 6 nitrogen and oxygen atoms in total. The number of carbonyl (C=O) groups is 2. The molecule has 1 unspecified atom stereocenters. The van der Waals surface area contributed by atoms with Crippen LogP contribution in [0.5, 0.6) is 0 Å². The lowest BCUT2D eigenvalue weighted by Crippen LogP contribution is -2.45. The summed E-state index contributed by atoms with van der Waals surface area (Å²) in [5.74, 6) is 0.439. The van der Waals surface area contributed by atoms with Crippen LogP contribution in [0.3, 0.4) is 0 Å². The van der Waals surface area contributed by atoms with E-state index < -0.39 is 0 Å². The van der Waals surface area contributed by atoms with Gasteiger partial charge in [0.2, 0.25) is 5.91 Å². The Bertz CT molecular complexity index is 592. The Morgan fingerprint density at radius 1 is 1.20 bits per heavy atom. The molecule has 1 aromatic heterocycles. The number of aromatic nitrogens is 2. The van der Waals surface area contributed by atoms with E-state index in [1.165, 1.54) is 12.8 Å². The number of rotatable bonds is 6. The zero-order valence-corrected chi connectivity index (χ0v) is 15.2. The summed E-state index contributed by atoms with van der Waals surface area (Å²) < 4.78 is 1.79. The molecule has 2 amide bonds. The summed E-state index contributed by atoms with van der Waals surface area (Å²) in [7, 11) is 0. The highest BCUT2D eigenvalue weighted by molar-refractivity contribution is 5.92. The summed E-state index contributed by atoms with van der Waals surface area (Å²) in [5, 5.41) is 7.44. The molecule has 1 aromatic rings. The van der Waals surface area contributed by atoms with Crippen molar-refractivity contribution >= 4 is 11.8 Å². The van der Waals surface area contributed by atoms with Gasteiger partial charge in [0.25, 0.3) is 5.91 Å². The van der Waals surface area contributed by atoms with Crippen molar-refractivity contribution in [3.8, 4) is 0 Å². The number of carbonyl (C=O) groups excluding carboxylic acids is 2. The summed E-state index contributed by atoms with van der Waals surface area (Å²) in [4.78, 5) is 26.9. The Kier molecular flexibility index (Phi) is 6.10. The second kappa shape index (κ2) is 8.50. The minimum Gasteiger partial charge on any atom is -0.356 e. The first-order valence-electron chi connectivity index (χ1n) is 9.81. The molecular formula is C19H30N4O2. The number of nitrogens with zero attached hydrogens (tertiary/aromatic N) is 3. The average molecular weight is 346 g/mol. The van der Waals surface area contributed by atoms with Crippen molar-refractivity contribution in [2.24, 2.45) is 5.92 Å². The van der Waals surface area contributed by atoms with Crippen LogP contribution in [0.25, 0.3) is 0 Å². The molecule has 3 rings (SSSR count). The van der Waals surface area contributed by atoms with E-state index in [1.54, 1.807) is 10.7 Å². The maximum absolute atomic E-state index is 12.8. The van der Waals surface area contributed by atoms with Crippen LogP contribution in [0.15, 0.2) is 12.3 Å². The molecule has 0 aromatic carbocycles. The molecule has 0 radical (unpaired) electrons. The van der Waals surface area contributed by atoms with E-state index in [0.717, 1.165) is 51.6 Å². The van der Waals surface area contributed by atoms with Crippen molar-refractivity contribution < 1.29 is 9.59 Å². The quantitative estimate of drug-likeness (QED) is 0.861. The normalized spacial score (nSPS) is 21.5. The van der Waals surface area contributed by atoms with Gasteiger partial charge in [-0.2, -0.15) is 5.10 Å². The molecule has 2 fully saturated rings. The summed E-state index contributed by atoms with van der Waals surface area (Å²) in [6.45, 7) is 4.23. The van der Waals surface area contributed by atoms with Gasteiger partial charge in [0.1, 0.15) is 5.69 Å². The van der Waals surface area contributed by atoms with E-state index in [4.69, 9.17) is 0 Å². The molecule has 2 heterocycles. The third-order valence-corrected chi connectivity index (χ3v) is 5.57. The number of hydrogen-bond acceptors (Lipinski definition) is 3. The zero-order chi connectivity index (χ0) is 17.6. The van der Waals surface area contributed by atoms with Gasteiger partial charge < -0.3 is 10.2 Å². The zero-order valence-electron chi connectivity index (χ0n) is 15.2. The lowest BCUT2D eigenvalue weighted by molar-refractivity contribution is -0.124. The van der Waals surface area contributed by atoms with Gasteiger partial charge in [-0.05, 0) is 51.5 Å². The first-order chi connectivity index (χ1) is 12.2. The molecular weight excluding hydrogens is 316 g/mol. The topological polar surface area (TPSA) is 67.2 Å². The van der Waals surface area contributed by atoms with Crippen LogP contribution >= 0.6 is 0 Å². The fourth-order valence-corrected chi connectivity index (χ4v) is 4.06. The number of hydrogen-bond donors (Lipinski definition) is 1. The summed E-state index contributed by atoms with van der Waals surface area (Å²) >= 11 is 0. The predicted molar refractivity (Wildman–Crippen MR) is 96.2 cm³/mol. The fourth-order valence-electron chi connectivity index (χ4n) is 4.06. The van der Waals surface area contributed by atoms with Crippen LogP contribution in [-0.4, -0.2) is 45.6 Å². The van der Waals surface area contributed by atoms with Gasteiger partial charge in [-0.15, -0.1) is 0 Å². The molecule has 1 aliphatic heterocycles. The Morgan fingerprint density at radius 3 is 2.68 bits per heavy atom. The number of nitrogens with one attached hydrogen (secondary N) is 1. The first-order valence-corrected chi connectivity index (χ1v) is 9.81. The number of amides is 2. The number of piperidine rings is 1. The van der Waals surface area contributed by atoms with Gasteiger partial charge in [-0.3, -0.25) is 14.3 Å². The van der Waals surface area contributed by atoms with Crippen LogP contribution in [0, 0.1) is 5.92 Å². The average Bonchev–Trinajstić information content (AvgIpc) is 3.33. The largest absolute Gasteiger partial charge is 0.356 e. The van der Waals surface area contributed by atoms with Gasteiger partial charge in [-0.25, -0.2) is 0 Å². The highest BCUT2D eigenvalue weighted by Gasteiger charge is 2.29. The molecule has 138 valence electrons. The van der Waals surface area contributed by atoms with Crippen LogP contribution in [-0.2, 0) is 11.3 Å². The third kappa shape index (κ3) is 4.41. The minimum atomic E-state index is 0.0269. The second-order valence-electron chi connectivity index (χ2n) is 7.27. The standard InChI is InChI=1S/C19H30N4O2/c1-2-22-14-11-17(21-22)19(25)23-13-6-5-9-16(23)10-12-20-18(24)15-7-3-4-8-15/h11,14-16H,2-10,12-13H2,1H3,(H,20,24). The van der Waals surface area contributed by atoms with Gasteiger partial charge >= 0.3 is 0 Å². The number of aryl methyl sites for hydroxylation is 1. The van der Waals surface area contributed by atoms with E-state index in [-0.39, 0.29) is 23.8 Å². The lowest BCUT2D eigenvalue weighted by atomic mass is 9.98. The molecule has 0 bridgehead atoms. The van der Waals surface area contributed by atoms with Crippen molar-refractivity contribution in [3.05, 3.63) is 18.0 Å². The molecule has 25 heavy (non-hydrogen) atoms. The van der Waals surface area contributed by atoms with Crippen LogP contribution < -0.4 is 5.32 Å². The summed E-state index contributed by atoms with van der Waals surface area (Å²) in [5.41, 5.74) is 0.531. The van der Waals surface area contributed by atoms with E-state index in [1.807, 2.05) is 18.0 Å². The van der Waals surface area contributed by atoms with Gasteiger partial charge in [0.15, 0.2) is 0 Å². The van der Waals surface area contributed by atoms with Crippen LogP contribution in [0.2, 0.25) is 0 Å². The molecule has 1 saturated carbocycles. The fraction of sp³-hybridized carbons (Fsp3) is 0.737. The predicted octanol–water partition coefficient (Wildman–Crippen LogP) is 2.59. The van der Waals surface area contributed by atoms with Crippen molar-refractivity contribution in [2.75, 3.05) is 13.1 Å². The Morgan fingerprint density at radius 2 is 1.96 bits per heavy atom. The Hall–Kier alpha value is -1.85. The van der Waals surface area contributed by atoms with Crippen LogP contribution in [0.1, 0.15) is 68.8 Å². The number of likely N-dealkylation sites (tertiary alicyclic amines) is 1. The van der Waals surface area contributed by atoms with Crippen molar-refractivity contribution in [2.45, 2.75) is 70.9 Å². The lowest BCUT2D eigenvalue weighted by Gasteiger charge is -2.35. The van der Waals surface area contributed by atoms with Gasteiger partial charge in [0.05, 0.1) is 0 Å². The van der Waals surface area contributed by atoms with Crippen molar-refractivity contribution in [1.82, 2.24) is 20.0 Å². The molecule has 1 saturated heterocycles. The van der Waals surface area contributed by atoms with E-state index >= 15 is 0 Å². The molecule has 1 aliphatic carbocycles. The van der Waals surface area contributed by atoms with Gasteiger partial charge in [-0.1, -0.05) is 12.8 Å². The SMILES string of the molecule is CCn1ccc(C(=O)N2CCCCC2CCNC(=O)C2CCCC2)n1. The highest BCUT2D eigenvalue weighted by atomic mass is 16.2. The van der Waals surface area contributed by atoms with E-state index in [0.29, 0.717) is 12.2 Å². The van der Waals surface area contributed by atoms with Gasteiger partial charge in [0, 0.05) is 37.8 Å². The smallest absolute Gasteiger partial charge is 0.274 e. The van der Waals surface area contributed by atoms with E-state index in [9.17, 15) is 9.59 Å². The maximum atomic E-state index is 12.8. The molecule has 2 aliphatic rings. The Labute approximate surface area is 149 Å². The van der Waals surface area contributed by atoms with Crippen LogP contribution in [0.4, 0.5) is 0 Å². The van der Waals surface area contributed by atoms with Crippen molar-refractivity contribution in [1.29, 1.82) is 0 Å². The molecule has 6 heteroatoms. The first kappa shape index (κ1) is 18.0. The highest BCUT2D eigenvalue weighted by Crippen LogP contribution is 2.25. The Balaban J connectivity index is 1.53. The minimum absolute atomic E-state index is 0.0269. The maximum Gasteiger partial charge on any atom is 0.274 e.